The predicted molar refractivity (Wildman–Crippen MR) is 82.4 cm³/mol. The monoisotopic (exact) mass is 318 g/mol. The zero-order chi connectivity index (χ0) is 17.2. The quantitative estimate of drug-likeness (QED) is 0.609. The van der Waals surface area contributed by atoms with Gasteiger partial charge in [-0.2, -0.15) is 5.26 Å². The molecule has 0 aliphatic rings. The number of urea groups is 1. The Kier molecular flexibility index (Phi) is 7.20. The molecule has 0 radical (unpaired) electrons. The first-order chi connectivity index (χ1) is 11.0. The third kappa shape index (κ3) is 5.74. The van der Waals surface area contributed by atoms with Crippen molar-refractivity contribution in [1.82, 2.24) is 10.2 Å². The van der Waals surface area contributed by atoms with E-state index in [9.17, 15) is 19.7 Å². The number of imide groups is 1. The number of hydrogen-bond donors (Lipinski definition) is 1. The van der Waals surface area contributed by atoms with Crippen LogP contribution in [0, 0.1) is 21.4 Å². The molecule has 0 saturated carbocycles. The standard InChI is InChI=1S/C15H18N4O4/c1-2-11-18(14(20)7-9-16)15(21)17-10-8-12-3-5-13(6-4-12)19(22)23/h3-6H,2,7-8,10-11H2,1H3,(H,17,21). The molecular weight excluding hydrogens is 300 g/mol. The number of amides is 3. The van der Waals surface area contributed by atoms with Gasteiger partial charge in [-0.1, -0.05) is 19.1 Å². The van der Waals surface area contributed by atoms with E-state index in [4.69, 9.17) is 5.26 Å². The molecule has 0 spiro atoms. The zero-order valence-corrected chi connectivity index (χ0v) is 12.8. The molecular formula is C15H18N4O4. The number of hydrogen-bond acceptors (Lipinski definition) is 5. The van der Waals surface area contributed by atoms with Crippen LogP contribution in [0.1, 0.15) is 25.3 Å². The fraction of sp³-hybridized carbons (Fsp3) is 0.400. The lowest BCUT2D eigenvalue weighted by molar-refractivity contribution is -0.384. The second-order valence-electron chi connectivity index (χ2n) is 4.79. The Labute approximate surface area is 133 Å². The summed E-state index contributed by atoms with van der Waals surface area (Å²) in [5.41, 5.74) is 0.843. The summed E-state index contributed by atoms with van der Waals surface area (Å²) in [5.74, 6) is -0.526. The molecule has 0 fully saturated rings. The maximum absolute atomic E-state index is 12.0. The summed E-state index contributed by atoms with van der Waals surface area (Å²) in [6.45, 7) is 2.37. The number of carbonyl (C=O) groups excluding carboxylic acids is 2. The van der Waals surface area contributed by atoms with Crippen molar-refractivity contribution in [3.63, 3.8) is 0 Å². The molecule has 0 aliphatic heterocycles. The molecule has 23 heavy (non-hydrogen) atoms. The van der Waals surface area contributed by atoms with Crippen molar-refractivity contribution in [3.05, 3.63) is 39.9 Å². The molecule has 122 valence electrons. The van der Waals surface area contributed by atoms with Gasteiger partial charge in [0.2, 0.25) is 5.91 Å². The second-order valence-corrected chi connectivity index (χ2v) is 4.79. The van der Waals surface area contributed by atoms with Crippen molar-refractivity contribution >= 4 is 17.6 Å². The lowest BCUT2D eigenvalue weighted by Gasteiger charge is -2.19. The normalized spacial score (nSPS) is 9.74. The van der Waals surface area contributed by atoms with Gasteiger partial charge in [0, 0.05) is 25.2 Å². The van der Waals surface area contributed by atoms with Crippen molar-refractivity contribution in [1.29, 1.82) is 5.26 Å². The van der Waals surface area contributed by atoms with Crippen LogP contribution in [0.25, 0.3) is 0 Å². The molecule has 1 aromatic carbocycles. The van der Waals surface area contributed by atoms with Gasteiger partial charge in [0.05, 0.1) is 11.0 Å². The Balaban J connectivity index is 2.52. The Bertz CT molecular complexity index is 607. The molecule has 3 amide bonds. The minimum Gasteiger partial charge on any atom is -0.337 e. The molecule has 0 bridgehead atoms. The Morgan fingerprint density at radius 2 is 2.00 bits per heavy atom. The van der Waals surface area contributed by atoms with Crippen molar-refractivity contribution in [2.75, 3.05) is 13.1 Å². The summed E-state index contributed by atoms with van der Waals surface area (Å²) in [4.78, 5) is 34.8. The molecule has 0 unspecified atom stereocenters. The van der Waals surface area contributed by atoms with E-state index >= 15 is 0 Å². The third-order valence-corrected chi connectivity index (χ3v) is 3.06. The molecule has 0 atom stereocenters. The number of nitrogens with zero attached hydrogens (tertiary/aromatic N) is 3. The van der Waals surface area contributed by atoms with Crippen LogP contribution < -0.4 is 5.32 Å². The fourth-order valence-electron chi connectivity index (χ4n) is 1.92. The minimum absolute atomic E-state index is 0.00834. The highest BCUT2D eigenvalue weighted by Crippen LogP contribution is 2.12. The van der Waals surface area contributed by atoms with Gasteiger partial charge in [-0.25, -0.2) is 4.79 Å². The summed E-state index contributed by atoms with van der Waals surface area (Å²) in [7, 11) is 0. The van der Waals surface area contributed by atoms with Crippen molar-refractivity contribution in [2.24, 2.45) is 0 Å². The first-order valence-electron chi connectivity index (χ1n) is 7.18. The summed E-state index contributed by atoms with van der Waals surface area (Å²) in [6.07, 6.45) is 0.749. The maximum atomic E-state index is 12.0. The summed E-state index contributed by atoms with van der Waals surface area (Å²) in [6, 6.07) is 7.24. The topological polar surface area (TPSA) is 116 Å². The summed E-state index contributed by atoms with van der Waals surface area (Å²) >= 11 is 0. The lowest BCUT2D eigenvalue weighted by atomic mass is 10.1. The van der Waals surface area contributed by atoms with E-state index in [2.05, 4.69) is 5.32 Å². The van der Waals surface area contributed by atoms with E-state index in [0.717, 1.165) is 10.5 Å². The van der Waals surface area contributed by atoms with Gasteiger partial charge < -0.3 is 5.32 Å². The third-order valence-electron chi connectivity index (χ3n) is 3.06. The zero-order valence-electron chi connectivity index (χ0n) is 12.8. The van der Waals surface area contributed by atoms with Crippen LogP contribution in [0.5, 0.6) is 0 Å². The van der Waals surface area contributed by atoms with Crippen LogP contribution in [0.2, 0.25) is 0 Å². The second kappa shape index (κ2) is 9.15. The van der Waals surface area contributed by atoms with E-state index in [0.29, 0.717) is 12.8 Å². The Morgan fingerprint density at radius 1 is 1.35 bits per heavy atom. The Hall–Kier alpha value is -2.95. The largest absolute Gasteiger partial charge is 0.337 e. The highest BCUT2D eigenvalue weighted by Gasteiger charge is 2.19. The first kappa shape index (κ1) is 18.1. The molecule has 1 N–H and O–H groups in total. The van der Waals surface area contributed by atoms with Crippen LogP contribution in [-0.2, 0) is 11.2 Å². The fourth-order valence-corrected chi connectivity index (χ4v) is 1.92. The number of carbonyl (C=O) groups is 2. The molecule has 1 rings (SSSR count). The number of nitro benzene ring substituents is 1. The average molecular weight is 318 g/mol. The summed E-state index contributed by atoms with van der Waals surface area (Å²) < 4.78 is 0. The molecule has 8 nitrogen and oxygen atoms in total. The van der Waals surface area contributed by atoms with Gasteiger partial charge in [-0.3, -0.25) is 19.8 Å². The van der Waals surface area contributed by atoms with E-state index in [1.165, 1.54) is 12.1 Å². The number of rotatable bonds is 7. The van der Waals surface area contributed by atoms with Crippen LogP contribution >= 0.6 is 0 Å². The molecule has 0 aromatic heterocycles. The van der Waals surface area contributed by atoms with E-state index < -0.39 is 16.9 Å². The van der Waals surface area contributed by atoms with Crippen LogP contribution in [0.3, 0.4) is 0 Å². The van der Waals surface area contributed by atoms with Gasteiger partial charge in [-0.15, -0.1) is 0 Å². The number of non-ortho nitro benzene ring substituents is 1. The van der Waals surface area contributed by atoms with Crippen LogP contribution in [0.15, 0.2) is 24.3 Å². The predicted octanol–water partition coefficient (Wildman–Crippen LogP) is 2.00. The molecule has 0 heterocycles. The maximum Gasteiger partial charge on any atom is 0.324 e. The first-order valence-corrected chi connectivity index (χ1v) is 7.18. The number of nitriles is 1. The van der Waals surface area contributed by atoms with Gasteiger partial charge in [-0.05, 0) is 18.4 Å². The molecule has 1 aromatic rings. The highest BCUT2D eigenvalue weighted by atomic mass is 16.6. The van der Waals surface area contributed by atoms with Crippen LogP contribution in [-0.4, -0.2) is 34.9 Å². The van der Waals surface area contributed by atoms with Gasteiger partial charge >= 0.3 is 6.03 Å². The number of nitro groups is 1. The van der Waals surface area contributed by atoms with E-state index in [1.54, 1.807) is 18.2 Å². The smallest absolute Gasteiger partial charge is 0.324 e. The Morgan fingerprint density at radius 3 is 2.52 bits per heavy atom. The van der Waals surface area contributed by atoms with E-state index in [1.807, 2.05) is 6.92 Å². The van der Waals surface area contributed by atoms with Crippen LogP contribution in [0.4, 0.5) is 10.5 Å². The minimum atomic E-state index is -0.533. The van der Waals surface area contributed by atoms with Gasteiger partial charge in [0.25, 0.3) is 5.69 Å². The molecule has 0 saturated heterocycles. The number of nitrogens with one attached hydrogen (secondary N) is 1. The highest BCUT2D eigenvalue weighted by molar-refractivity contribution is 5.95. The molecule has 0 aliphatic carbocycles. The van der Waals surface area contributed by atoms with Crippen molar-refractivity contribution < 1.29 is 14.5 Å². The van der Waals surface area contributed by atoms with Crippen molar-refractivity contribution in [2.45, 2.75) is 26.2 Å². The SMILES string of the molecule is CCCN(C(=O)CC#N)C(=O)NCCc1ccc([N+](=O)[O-])cc1. The average Bonchev–Trinajstić information content (AvgIpc) is 2.53. The van der Waals surface area contributed by atoms with Gasteiger partial charge in [0.15, 0.2) is 0 Å². The summed E-state index contributed by atoms with van der Waals surface area (Å²) in [5, 5.41) is 21.7. The lowest BCUT2D eigenvalue weighted by Crippen LogP contribution is -2.44. The van der Waals surface area contributed by atoms with Gasteiger partial charge in [0.1, 0.15) is 6.42 Å². The molecule has 8 heteroatoms. The number of benzene rings is 1. The van der Waals surface area contributed by atoms with E-state index in [-0.39, 0.29) is 25.2 Å². The van der Waals surface area contributed by atoms with Crippen molar-refractivity contribution in [3.8, 4) is 6.07 Å².